The molecule has 6 nitrogen and oxygen atoms in total. The fourth-order valence-electron chi connectivity index (χ4n) is 2.06. The molecule has 2 rings (SSSR count). The Labute approximate surface area is 106 Å². The highest BCUT2D eigenvalue weighted by Crippen LogP contribution is 2.12. The van der Waals surface area contributed by atoms with Crippen LogP contribution in [-0.4, -0.2) is 41.4 Å². The van der Waals surface area contributed by atoms with Crippen molar-refractivity contribution in [2.45, 2.75) is 32.4 Å². The Kier molecular flexibility index (Phi) is 3.70. The molecule has 0 saturated heterocycles. The first-order valence-corrected chi connectivity index (χ1v) is 7.82. The summed E-state index contributed by atoms with van der Waals surface area (Å²) in [6.45, 7) is 2.20. The highest BCUT2D eigenvalue weighted by Gasteiger charge is 2.22. The Hall–Kier alpha value is -1.37. The molecule has 0 fully saturated rings. The number of rotatable bonds is 4. The molecule has 1 atom stereocenters. The van der Waals surface area contributed by atoms with Gasteiger partial charge in [0.15, 0.2) is 9.84 Å². The smallest absolute Gasteiger partial charge is 0.235 e. The van der Waals surface area contributed by atoms with E-state index in [1.807, 2.05) is 10.8 Å². The van der Waals surface area contributed by atoms with Gasteiger partial charge in [-0.05, 0) is 6.42 Å². The van der Waals surface area contributed by atoms with E-state index in [4.69, 9.17) is 0 Å². The number of nitrogens with one attached hydrogen (secondary N) is 1. The Bertz CT molecular complexity index is 535. The van der Waals surface area contributed by atoms with Gasteiger partial charge in [0.2, 0.25) is 5.91 Å². The molecular formula is C11H17N3O3S. The van der Waals surface area contributed by atoms with E-state index in [0.29, 0.717) is 6.54 Å². The van der Waals surface area contributed by atoms with E-state index in [-0.39, 0.29) is 11.8 Å². The van der Waals surface area contributed by atoms with Gasteiger partial charge < -0.3 is 9.88 Å². The van der Waals surface area contributed by atoms with Gasteiger partial charge in [-0.2, -0.15) is 0 Å². The summed E-state index contributed by atoms with van der Waals surface area (Å²) >= 11 is 0. The van der Waals surface area contributed by atoms with Gasteiger partial charge in [-0.25, -0.2) is 13.4 Å². The van der Waals surface area contributed by atoms with Crippen LogP contribution in [0.5, 0.6) is 0 Å². The molecule has 2 heterocycles. The van der Waals surface area contributed by atoms with Gasteiger partial charge in [-0.1, -0.05) is 6.92 Å². The number of hydrogen-bond donors (Lipinski definition) is 1. The van der Waals surface area contributed by atoms with Crippen LogP contribution in [0.1, 0.15) is 19.2 Å². The van der Waals surface area contributed by atoms with Crippen molar-refractivity contribution in [1.29, 1.82) is 0 Å². The van der Waals surface area contributed by atoms with Crippen molar-refractivity contribution in [3.8, 4) is 0 Å². The average Bonchev–Trinajstić information content (AvgIpc) is 2.75. The highest BCUT2D eigenvalue weighted by molar-refractivity contribution is 7.92. The lowest BCUT2D eigenvalue weighted by atomic mass is 10.1. The average molecular weight is 271 g/mol. The molecule has 1 aliphatic rings. The van der Waals surface area contributed by atoms with Gasteiger partial charge in [0.25, 0.3) is 0 Å². The van der Waals surface area contributed by atoms with Gasteiger partial charge >= 0.3 is 0 Å². The molecule has 0 aliphatic carbocycles. The minimum Gasteiger partial charge on any atom is -0.351 e. The molecule has 1 aliphatic heterocycles. The standard InChI is InChI=1S/C11H17N3O3S/c1-2-18(16,17)8-11(15)13-9-3-4-10-12-5-6-14(10)7-9/h5-6,9H,2-4,7-8H2,1H3,(H,13,15)/t9-/m1/s1. The molecule has 0 radical (unpaired) electrons. The number of sulfone groups is 1. The van der Waals surface area contributed by atoms with Crippen LogP contribution < -0.4 is 5.32 Å². The molecule has 1 aromatic heterocycles. The minimum absolute atomic E-state index is 0.00322. The highest BCUT2D eigenvalue weighted by atomic mass is 32.2. The number of hydrogen-bond acceptors (Lipinski definition) is 4. The predicted molar refractivity (Wildman–Crippen MR) is 66.8 cm³/mol. The Morgan fingerprint density at radius 3 is 3.11 bits per heavy atom. The zero-order valence-electron chi connectivity index (χ0n) is 10.3. The van der Waals surface area contributed by atoms with Crippen molar-refractivity contribution >= 4 is 15.7 Å². The van der Waals surface area contributed by atoms with Crippen molar-refractivity contribution in [3.05, 3.63) is 18.2 Å². The summed E-state index contributed by atoms with van der Waals surface area (Å²) in [4.78, 5) is 15.8. The van der Waals surface area contributed by atoms with Gasteiger partial charge in [-0.3, -0.25) is 4.79 Å². The van der Waals surface area contributed by atoms with Crippen LogP contribution in [0.25, 0.3) is 0 Å². The lowest BCUT2D eigenvalue weighted by Crippen LogP contribution is -2.43. The maximum atomic E-state index is 11.6. The summed E-state index contributed by atoms with van der Waals surface area (Å²) in [7, 11) is -3.25. The number of carbonyl (C=O) groups is 1. The summed E-state index contributed by atoms with van der Waals surface area (Å²) in [6, 6.07) is -0.00810. The second-order valence-corrected chi connectivity index (χ2v) is 6.83. The second kappa shape index (κ2) is 5.09. The third kappa shape index (κ3) is 3.10. The number of amides is 1. The minimum atomic E-state index is -3.25. The van der Waals surface area contributed by atoms with Crippen LogP contribution in [0.4, 0.5) is 0 Å². The molecule has 18 heavy (non-hydrogen) atoms. The van der Waals surface area contributed by atoms with Crippen LogP contribution in [0.3, 0.4) is 0 Å². The molecule has 1 N–H and O–H groups in total. The maximum Gasteiger partial charge on any atom is 0.235 e. The van der Waals surface area contributed by atoms with Crippen LogP contribution in [0, 0.1) is 0 Å². The molecule has 0 aromatic carbocycles. The molecule has 0 spiro atoms. The lowest BCUT2D eigenvalue weighted by Gasteiger charge is -2.24. The summed E-state index contributed by atoms with van der Waals surface area (Å²) in [5.74, 6) is 0.181. The van der Waals surface area contributed by atoms with Crippen LogP contribution in [0.15, 0.2) is 12.4 Å². The third-order valence-electron chi connectivity index (χ3n) is 3.09. The molecule has 100 valence electrons. The van der Waals surface area contributed by atoms with Gasteiger partial charge in [0, 0.05) is 37.2 Å². The number of aromatic nitrogens is 2. The van der Waals surface area contributed by atoms with Crippen molar-refractivity contribution < 1.29 is 13.2 Å². The molecule has 7 heteroatoms. The normalized spacial score (nSPS) is 19.3. The maximum absolute atomic E-state index is 11.6. The monoisotopic (exact) mass is 271 g/mol. The number of carbonyl (C=O) groups excluding carboxylic acids is 1. The summed E-state index contributed by atoms with van der Waals surface area (Å²) in [5.41, 5.74) is 0. The fraction of sp³-hybridized carbons (Fsp3) is 0.636. The molecule has 0 unspecified atom stereocenters. The first-order valence-electron chi connectivity index (χ1n) is 6.00. The predicted octanol–water partition coefficient (Wildman–Crippen LogP) is -0.251. The Morgan fingerprint density at radius 1 is 1.61 bits per heavy atom. The van der Waals surface area contributed by atoms with Gasteiger partial charge in [0.05, 0.1) is 0 Å². The summed E-state index contributed by atoms with van der Waals surface area (Å²) in [6.07, 6.45) is 5.21. The zero-order valence-corrected chi connectivity index (χ0v) is 11.1. The van der Waals surface area contributed by atoms with Crippen molar-refractivity contribution in [2.24, 2.45) is 0 Å². The molecular weight excluding hydrogens is 254 g/mol. The van der Waals surface area contributed by atoms with Crippen LogP contribution >= 0.6 is 0 Å². The number of imidazole rings is 1. The van der Waals surface area contributed by atoms with Crippen LogP contribution in [0.2, 0.25) is 0 Å². The summed E-state index contributed by atoms with van der Waals surface area (Å²) in [5, 5.41) is 2.77. The second-order valence-electron chi connectivity index (χ2n) is 4.48. The van der Waals surface area contributed by atoms with Crippen molar-refractivity contribution in [1.82, 2.24) is 14.9 Å². The summed E-state index contributed by atoms with van der Waals surface area (Å²) < 4.78 is 24.7. The van der Waals surface area contributed by atoms with Gasteiger partial charge in [-0.15, -0.1) is 0 Å². The number of fused-ring (bicyclic) bond motifs is 1. The van der Waals surface area contributed by atoms with Gasteiger partial charge in [0.1, 0.15) is 11.6 Å². The number of aryl methyl sites for hydroxylation is 1. The first-order chi connectivity index (χ1) is 8.50. The van der Waals surface area contributed by atoms with Crippen LogP contribution in [-0.2, 0) is 27.6 Å². The van der Waals surface area contributed by atoms with Crippen molar-refractivity contribution in [3.63, 3.8) is 0 Å². The first kappa shape index (κ1) is 13.1. The van der Waals surface area contributed by atoms with E-state index >= 15 is 0 Å². The van der Waals surface area contributed by atoms with Crippen molar-refractivity contribution in [2.75, 3.05) is 11.5 Å². The van der Waals surface area contributed by atoms with E-state index in [0.717, 1.165) is 18.7 Å². The molecule has 1 aromatic rings. The lowest BCUT2D eigenvalue weighted by molar-refractivity contribution is -0.119. The quantitative estimate of drug-likeness (QED) is 0.818. The third-order valence-corrected chi connectivity index (χ3v) is 4.67. The zero-order chi connectivity index (χ0) is 13.2. The fourth-order valence-corrected chi connectivity index (χ4v) is 2.74. The van der Waals surface area contributed by atoms with E-state index in [9.17, 15) is 13.2 Å². The number of nitrogens with zero attached hydrogens (tertiary/aromatic N) is 2. The molecule has 0 saturated carbocycles. The Balaban J connectivity index is 1.90. The van der Waals surface area contributed by atoms with E-state index in [1.165, 1.54) is 0 Å². The molecule has 1 amide bonds. The van der Waals surface area contributed by atoms with E-state index < -0.39 is 21.5 Å². The van der Waals surface area contributed by atoms with E-state index in [2.05, 4.69) is 10.3 Å². The topological polar surface area (TPSA) is 81.1 Å². The largest absolute Gasteiger partial charge is 0.351 e. The Morgan fingerprint density at radius 2 is 2.39 bits per heavy atom. The van der Waals surface area contributed by atoms with E-state index in [1.54, 1.807) is 13.1 Å². The molecule has 0 bridgehead atoms. The SMILES string of the molecule is CCS(=O)(=O)CC(=O)N[C@@H]1CCc2nccn2C1.